The molecule has 3 nitrogen and oxygen atoms in total. The molecule has 0 amide bonds. The lowest BCUT2D eigenvalue weighted by Crippen LogP contribution is -2.17. The summed E-state index contributed by atoms with van der Waals surface area (Å²) in [6, 6.07) is 2.32. The first-order valence-corrected chi connectivity index (χ1v) is 7.65. The van der Waals surface area contributed by atoms with E-state index in [4.69, 9.17) is 0 Å². The highest BCUT2D eigenvalue weighted by molar-refractivity contribution is 6.20. The lowest BCUT2D eigenvalue weighted by atomic mass is 10.0. The van der Waals surface area contributed by atoms with Crippen molar-refractivity contribution in [3.05, 3.63) is 65.7 Å². The Morgan fingerprint density at radius 3 is 1.68 bits per heavy atom. The van der Waals surface area contributed by atoms with E-state index in [1.54, 1.807) is 0 Å². The van der Waals surface area contributed by atoms with Crippen LogP contribution in [0.5, 0.6) is 5.75 Å². The summed E-state index contributed by atoms with van der Waals surface area (Å²) in [7, 11) is 0. The highest BCUT2D eigenvalue weighted by Crippen LogP contribution is 2.36. The molecular weight excluding hydrogens is 417 g/mol. The van der Waals surface area contributed by atoms with Gasteiger partial charge in [0.1, 0.15) is 11.6 Å². The van der Waals surface area contributed by atoms with Gasteiger partial charge in [0.15, 0.2) is 29.0 Å². The lowest BCUT2D eigenvalue weighted by molar-refractivity contribution is -0.100. The average Bonchev–Trinajstić information content (AvgIpc) is 2.57. The van der Waals surface area contributed by atoms with E-state index >= 15 is 0 Å². The van der Waals surface area contributed by atoms with Gasteiger partial charge >= 0.3 is 5.57 Å². The summed E-state index contributed by atoms with van der Waals surface area (Å²) in [5, 5.41) is 0. The van der Waals surface area contributed by atoms with E-state index in [0.29, 0.717) is 12.1 Å². The van der Waals surface area contributed by atoms with Crippen LogP contribution in [0.1, 0.15) is 0 Å². The van der Waals surface area contributed by atoms with Gasteiger partial charge in [-0.1, -0.05) is 0 Å². The van der Waals surface area contributed by atoms with Crippen molar-refractivity contribution in [2.45, 2.75) is 5.57 Å². The molecule has 0 fully saturated rings. The highest BCUT2D eigenvalue weighted by atomic mass is 35.5. The Morgan fingerprint density at radius 2 is 1.21 bits per heavy atom. The number of hydrogen-bond acceptors (Lipinski definition) is 3. The maximum atomic E-state index is 14.4. The number of aromatic nitrogens is 2. The fourth-order valence-corrected chi connectivity index (χ4v) is 2.43. The van der Waals surface area contributed by atoms with Crippen LogP contribution in [0.2, 0.25) is 0 Å². The minimum atomic E-state index is -4.39. The minimum absolute atomic E-state index is 0.165. The zero-order valence-corrected chi connectivity index (χ0v) is 14.0. The molecule has 0 saturated heterocycles. The van der Waals surface area contributed by atoms with Crippen molar-refractivity contribution in [2.75, 3.05) is 0 Å². The monoisotopic (exact) mass is 422 g/mol. The second-order valence-electron chi connectivity index (χ2n) is 5.36. The van der Waals surface area contributed by atoms with Crippen LogP contribution in [0, 0.1) is 29.1 Å². The Morgan fingerprint density at radius 1 is 0.750 bits per heavy atom. The number of rotatable bonds is 4. The van der Waals surface area contributed by atoms with Gasteiger partial charge in [-0.25, -0.2) is 31.9 Å². The molecule has 0 spiro atoms. The maximum absolute atomic E-state index is 14.4. The van der Waals surface area contributed by atoms with Gasteiger partial charge in [-0.2, -0.15) is 0 Å². The lowest BCUT2D eigenvalue weighted by Gasteiger charge is -2.14. The van der Waals surface area contributed by atoms with E-state index < -0.39 is 51.5 Å². The van der Waals surface area contributed by atoms with Gasteiger partial charge < -0.3 is 4.74 Å². The normalized spacial score (nSPS) is 11.6. The largest absolute Gasteiger partial charge is 0.487 e. The molecule has 146 valence electrons. The average molecular weight is 423 g/mol. The summed E-state index contributed by atoms with van der Waals surface area (Å²) in [4.78, 5) is 7.14. The molecule has 0 aliphatic heterocycles. The van der Waals surface area contributed by atoms with Gasteiger partial charge in [-0.3, -0.25) is 0 Å². The molecule has 0 aliphatic rings. The van der Waals surface area contributed by atoms with Crippen LogP contribution in [0.4, 0.5) is 30.7 Å². The number of alkyl halides is 3. The van der Waals surface area contributed by atoms with Crippen LogP contribution in [0.25, 0.3) is 22.5 Å². The third-order valence-electron chi connectivity index (χ3n) is 3.43. The van der Waals surface area contributed by atoms with E-state index in [1.165, 1.54) is 0 Å². The van der Waals surface area contributed by atoms with E-state index in [-0.39, 0.29) is 11.4 Å². The van der Waals surface area contributed by atoms with E-state index in [1.807, 2.05) is 0 Å². The zero-order valence-electron chi connectivity index (χ0n) is 13.3. The molecular formula is C17H6ClF7N2O. The fourth-order valence-electron chi connectivity index (χ4n) is 2.36. The molecule has 2 aromatic carbocycles. The number of ether oxygens (including phenoxy) is 1. The highest BCUT2D eigenvalue weighted by Gasteiger charge is 2.31. The molecule has 0 aliphatic carbocycles. The predicted molar refractivity (Wildman–Crippen MR) is 84.1 cm³/mol. The number of nitrogens with zero attached hydrogens (tertiary/aromatic N) is 2. The van der Waals surface area contributed by atoms with E-state index in [2.05, 4.69) is 26.3 Å². The summed E-state index contributed by atoms with van der Waals surface area (Å²) < 4.78 is 98.4. The number of hydrogen-bond donors (Lipinski definition) is 0. The van der Waals surface area contributed by atoms with E-state index in [9.17, 15) is 30.7 Å². The first-order valence-electron chi connectivity index (χ1n) is 7.27. The zero-order chi connectivity index (χ0) is 20.6. The molecule has 0 N–H and O–H groups in total. The summed E-state index contributed by atoms with van der Waals surface area (Å²) >= 11 is 4.46. The first kappa shape index (κ1) is 19.9. The third-order valence-corrected chi connectivity index (χ3v) is 3.50. The van der Waals surface area contributed by atoms with Crippen molar-refractivity contribution in [2.24, 2.45) is 0 Å². The van der Waals surface area contributed by atoms with Gasteiger partial charge in [-0.15, -0.1) is 8.78 Å². The molecule has 0 unspecified atom stereocenters. The van der Waals surface area contributed by atoms with Crippen molar-refractivity contribution in [1.29, 1.82) is 0 Å². The van der Waals surface area contributed by atoms with Crippen molar-refractivity contribution < 1.29 is 35.5 Å². The molecule has 0 saturated carbocycles. The molecule has 3 aromatic rings. The standard InChI is InChI=1S/C17H6ClF7N2O/c18-17(24,25)28-15-12(22)1-7(2-13(15)23)14-10(20)3-8(4-11(14)21)16-26-5-9(19)6-27-16/h1-6H. The van der Waals surface area contributed by atoms with Crippen LogP contribution in [0.3, 0.4) is 0 Å². The number of benzene rings is 2. The molecule has 0 bridgehead atoms. The van der Waals surface area contributed by atoms with Crippen LogP contribution in [0.15, 0.2) is 36.7 Å². The molecule has 0 radical (unpaired) electrons. The first-order chi connectivity index (χ1) is 13.0. The Bertz CT molecular complexity index is 993. The third kappa shape index (κ3) is 4.16. The topological polar surface area (TPSA) is 35.0 Å². The van der Waals surface area contributed by atoms with Crippen LogP contribution >= 0.6 is 11.6 Å². The molecule has 3 rings (SSSR count). The Kier molecular flexibility index (Phi) is 5.16. The van der Waals surface area contributed by atoms with Crippen molar-refractivity contribution in [3.63, 3.8) is 0 Å². The van der Waals surface area contributed by atoms with Crippen molar-refractivity contribution >= 4 is 11.6 Å². The summed E-state index contributed by atoms with van der Waals surface area (Å²) in [6.45, 7) is 0. The minimum Gasteiger partial charge on any atom is -0.414 e. The Balaban J connectivity index is 2.06. The van der Waals surface area contributed by atoms with Crippen molar-refractivity contribution in [3.8, 4) is 28.3 Å². The van der Waals surface area contributed by atoms with Crippen LogP contribution < -0.4 is 4.74 Å². The van der Waals surface area contributed by atoms with Gasteiger partial charge in [0.2, 0.25) is 0 Å². The van der Waals surface area contributed by atoms with Gasteiger partial charge in [-0.05, 0) is 29.8 Å². The Hall–Kier alpha value is -2.88. The smallest absolute Gasteiger partial charge is 0.414 e. The molecule has 11 heteroatoms. The Labute approximate surface area is 157 Å². The summed E-state index contributed by atoms with van der Waals surface area (Å²) in [5.74, 6) is -8.29. The maximum Gasteiger partial charge on any atom is 0.487 e. The van der Waals surface area contributed by atoms with E-state index in [0.717, 1.165) is 24.5 Å². The second kappa shape index (κ2) is 7.27. The summed E-state index contributed by atoms with van der Waals surface area (Å²) in [5.41, 5.74) is -6.02. The second-order valence-corrected chi connectivity index (χ2v) is 5.80. The molecule has 1 heterocycles. The van der Waals surface area contributed by atoms with Gasteiger partial charge in [0, 0.05) is 17.2 Å². The molecule has 28 heavy (non-hydrogen) atoms. The molecule has 0 atom stereocenters. The van der Waals surface area contributed by atoms with Gasteiger partial charge in [0.25, 0.3) is 0 Å². The molecule has 1 aromatic heterocycles. The quantitative estimate of drug-likeness (QED) is 0.401. The predicted octanol–water partition coefficient (Wildman–Crippen LogP) is 5.67. The van der Waals surface area contributed by atoms with Crippen LogP contribution in [-0.2, 0) is 0 Å². The fraction of sp³-hybridized carbons (Fsp3) is 0.0588. The summed E-state index contributed by atoms with van der Waals surface area (Å²) in [6.07, 6.45) is 1.56. The van der Waals surface area contributed by atoms with Gasteiger partial charge in [0.05, 0.1) is 18.0 Å². The van der Waals surface area contributed by atoms with Crippen LogP contribution in [-0.4, -0.2) is 15.5 Å². The SMILES string of the molecule is Fc1cnc(-c2cc(F)c(-c3cc(F)c(OC(F)(F)Cl)c(F)c3)c(F)c2)nc1. The number of halogens is 8. The van der Waals surface area contributed by atoms with Crippen molar-refractivity contribution in [1.82, 2.24) is 9.97 Å².